The monoisotopic (exact) mass is 391 g/mol. The SMILES string of the molecule is FC(F)(F)c1cc(-c2ccc(Br)cc2)nc2nc3ccccc3n12. The third-order valence-electron chi connectivity index (χ3n) is 3.71. The molecule has 0 amide bonds. The minimum absolute atomic E-state index is 0.0314. The first-order valence-corrected chi connectivity index (χ1v) is 7.84. The van der Waals surface area contributed by atoms with Crippen LogP contribution in [0.3, 0.4) is 0 Å². The van der Waals surface area contributed by atoms with Gasteiger partial charge in [0.05, 0.1) is 16.7 Å². The summed E-state index contributed by atoms with van der Waals surface area (Å²) in [6.07, 6.45) is -4.52. The molecule has 0 N–H and O–H groups in total. The quantitative estimate of drug-likeness (QED) is 0.438. The summed E-state index contributed by atoms with van der Waals surface area (Å²) < 4.78 is 42.7. The van der Waals surface area contributed by atoms with Crippen LogP contribution >= 0.6 is 15.9 Å². The lowest BCUT2D eigenvalue weighted by atomic mass is 10.1. The Morgan fingerprint density at radius 3 is 2.33 bits per heavy atom. The van der Waals surface area contributed by atoms with E-state index in [0.717, 1.165) is 14.9 Å². The Kier molecular flexibility index (Phi) is 3.35. The summed E-state index contributed by atoms with van der Waals surface area (Å²) in [6.45, 7) is 0. The number of halogens is 4. The molecule has 0 fully saturated rings. The van der Waals surface area contributed by atoms with Crippen molar-refractivity contribution in [3.05, 3.63) is 64.8 Å². The van der Waals surface area contributed by atoms with Gasteiger partial charge in [-0.15, -0.1) is 0 Å². The van der Waals surface area contributed by atoms with Gasteiger partial charge in [-0.05, 0) is 30.3 Å². The van der Waals surface area contributed by atoms with Crippen molar-refractivity contribution < 1.29 is 13.2 Å². The van der Waals surface area contributed by atoms with Crippen molar-refractivity contribution in [3.63, 3.8) is 0 Å². The van der Waals surface area contributed by atoms with Crippen LogP contribution in [0.2, 0.25) is 0 Å². The van der Waals surface area contributed by atoms with Crippen molar-refractivity contribution in [2.45, 2.75) is 6.18 Å². The van der Waals surface area contributed by atoms with Gasteiger partial charge in [-0.1, -0.05) is 40.2 Å². The first kappa shape index (κ1) is 15.1. The van der Waals surface area contributed by atoms with Crippen LogP contribution in [0.15, 0.2) is 59.1 Å². The van der Waals surface area contributed by atoms with Gasteiger partial charge in [0, 0.05) is 10.0 Å². The van der Waals surface area contributed by atoms with Crippen LogP contribution in [0.5, 0.6) is 0 Å². The maximum absolute atomic E-state index is 13.6. The van der Waals surface area contributed by atoms with Crippen LogP contribution in [0, 0.1) is 0 Å². The molecule has 7 heteroatoms. The first-order chi connectivity index (χ1) is 11.4. The van der Waals surface area contributed by atoms with Crippen molar-refractivity contribution in [3.8, 4) is 11.3 Å². The molecule has 0 aliphatic rings. The summed E-state index contributed by atoms with van der Waals surface area (Å²) in [4.78, 5) is 8.56. The second-order valence-corrected chi connectivity index (χ2v) is 6.18. The Morgan fingerprint density at radius 1 is 0.917 bits per heavy atom. The standard InChI is InChI=1S/C17H9BrF3N3/c18-11-7-5-10(6-8-11)13-9-15(17(19,20)21)24-14-4-2-1-3-12(14)22-16(24)23-13/h1-9H. The van der Waals surface area contributed by atoms with Crippen LogP contribution < -0.4 is 0 Å². The topological polar surface area (TPSA) is 30.2 Å². The number of nitrogens with zero attached hydrogens (tertiary/aromatic N) is 3. The summed E-state index contributed by atoms with van der Waals surface area (Å²) >= 11 is 3.31. The smallest absolute Gasteiger partial charge is 0.272 e. The summed E-state index contributed by atoms with van der Waals surface area (Å²) in [7, 11) is 0. The maximum atomic E-state index is 13.6. The third-order valence-corrected chi connectivity index (χ3v) is 4.24. The van der Waals surface area contributed by atoms with E-state index < -0.39 is 11.9 Å². The second-order valence-electron chi connectivity index (χ2n) is 5.27. The van der Waals surface area contributed by atoms with Crippen molar-refractivity contribution in [2.75, 3.05) is 0 Å². The zero-order valence-corrected chi connectivity index (χ0v) is 13.6. The number of rotatable bonds is 1. The number of alkyl halides is 3. The molecule has 2 heterocycles. The number of hydrogen-bond donors (Lipinski definition) is 0. The van der Waals surface area contributed by atoms with E-state index in [0.29, 0.717) is 16.6 Å². The molecule has 24 heavy (non-hydrogen) atoms. The minimum Gasteiger partial charge on any atom is -0.272 e. The Balaban J connectivity index is 2.08. The van der Waals surface area contributed by atoms with Crippen LogP contribution in [0.4, 0.5) is 13.2 Å². The molecular formula is C17H9BrF3N3. The van der Waals surface area contributed by atoms with Gasteiger partial charge in [0.15, 0.2) is 0 Å². The number of hydrogen-bond acceptors (Lipinski definition) is 2. The third kappa shape index (κ3) is 2.45. The summed E-state index contributed by atoms with van der Waals surface area (Å²) in [5.41, 5.74) is 0.896. The number of benzene rings is 2. The highest BCUT2D eigenvalue weighted by Crippen LogP contribution is 2.34. The van der Waals surface area contributed by atoms with Gasteiger partial charge in [-0.3, -0.25) is 4.40 Å². The highest BCUT2D eigenvalue weighted by Gasteiger charge is 2.35. The number of imidazole rings is 1. The molecule has 0 aliphatic heterocycles. The van der Waals surface area contributed by atoms with Crippen molar-refractivity contribution in [1.29, 1.82) is 0 Å². The van der Waals surface area contributed by atoms with E-state index in [9.17, 15) is 13.2 Å². The lowest BCUT2D eigenvalue weighted by Crippen LogP contribution is -2.13. The Hall–Kier alpha value is -2.41. The van der Waals surface area contributed by atoms with Crippen molar-refractivity contribution in [2.24, 2.45) is 0 Å². The molecule has 2 aromatic carbocycles. The molecule has 0 saturated heterocycles. The lowest BCUT2D eigenvalue weighted by Gasteiger charge is -2.12. The Labute approximate surface area is 142 Å². The minimum atomic E-state index is -4.52. The van der Waals surface area contributed by atoms with Gasteiger partial charge in [0.25, 0.3) is 0 Å². The van der Waals surface area contributed by atoms with E-state index in [4.69, 9.17) is 0 Å². The fraction of sp³-hybridized carbons (Fsp3) is 0.0588. The fourth-order valence-corrected chi connectivity index (χ4v) is 2.90. The predicted octanol–water partition coefficient (Wildman–Crippen LogP) is 5.33. The first-order valence-electron chi connectivity index (χ1n) is 7.05. The molecule has 0 saturated carbocycles. The van der Waals surface area contributed by atoms with E-state index in [1.807, 2.05) is 0 Å². The molecule has 4 rings (SSSR count). The molecule has 0 unspecified atom stereocenters. The van der Waals surface area contributed by atoms with Crippen LogP contribution in [0.1, 0.15) is 5.69 Å². The van der Waals surface area contributed by atoms with Crippen molar-refractivity contribution >= 4 is 32.7 Å². The molecule has 4 aromatic rings. The van der Waals surface area contributed by atoms with E-state index >= 15 is 0 Å². The van der Waals surface area contributed by atoms with E-state index in [-0.39, 0.29) is 11.5 Å². The van der Waals surface area contributed by atoms with Gasteiger partial charge in [-0.2, -0.15) is 13.2 Å². The van der Waals surface area contributed by atoms with Gasteiger partial charge in [0.1, 0.15) is 5.69 Å². The maximum Gasteiger partial charge on any atom is 0.431 e. The van der Waals surface area contributed by atoms with Crippen LogP contribution in [-0.2, 0) is 6.18 Å². The van der Waals surface area contributed by atoms with Gasteiger partial charge in [-0.25, -0.2) is 9.97 Å². The van der Waals surface area contributed by atoms with E-state index in [1.165, 1.54) is 0 Å². The van der Waals surface area contributed by atoms with Crippen molar-refractivity contribution in [1.82, 2.24) is 14.4 Å². The Morgan fingerprint density at radius 2 is 1.62 bits per heavy atom. The summed E-state index contributed by atoms with van der Waals surface area (Å²) in [5, 5.41) is 0. The van der Waals surface area contributed by atoms with Gasteiger partial charge < -0.3 is 0 Å². The molecule has 0 spiro atoms. The van der Waals surface area contributed by atoms with E-state index in [1.54, 1.807) is 48.5 Å². The van der Waals surface area contributed by atoms with E-state index in [2.05, 4.69) is 25.9 Å². The summed E-state index contributed by atoms with van der Waals surface area (Å²) in [6, 6.07) is 14.7. The Bertz CT molecular complexity index is 1050. The molecule has 0 aliphatic carbocycles. The fourth-order valence-electron chi connectivity index (χ4n) is 2.64. The number of aromatic nitrogens is 3. The molecule has 120 valence electrons. The molecule has 2 aromatic heterocycles. The van der Waals surface area contributed by atoms with Gasteiger partial charge in [0.2, 0.25) is 5.78 Å². The summed E-state index contributed by atoms with van der Waals surface area (Å²) in [5.74, 6) is 0.0314. The highest BCUT2D eigenvalue weighted by atomic mass is 79.9. The largest absolute Gasteiger partial charge is 0.431 e. The van der Waals surface area contributed by atoms with Gasteiger partial charge >= 0.3 is 6.18 Å². The average Bonchev–Trinajstić information content (AvgIpc) is 2.92. The lowest BCUT2D eigenvalue weighted by molar-refractivity contribution is -0.141. The van der Waals surface area contributed by atoms with Crippen LogP contribution in [0.25, 0.3) is 28.1 Å². The zero-order chi connectivity index (χ0) is 16.9. The average molecular weight is 392 g/mol. The second kappa shape index (κ2) is 5.31. The molecule has 0 radical (unpaired) electrons. The molecule has 0 bridgehead atoms. The zero-order valence-electron chi connectivity index (χ0n) is 12.0. The molecular weight excluding hydrogens is 383 g/mol. The molecule has 3 nitrogen and oxygen atoms in total. The predicted molar refractivity (Wildman–Crippen MR) is 88.6 cm³/mol. The highest BCUT2D eigenvalue weighted by molar-refractivity contribution is 9.10. The number of fused-ring (bicyclic) bond motifs is 3. The van der Waals surface area contributed by atoms with Crippen LogP contribution in [-0.4, -0.2) is 14.4 Å². The molecule has 0 atom stereocenters. The number of para-hydroxylation sites is 2. The normalized spacial score (nSPS) is 12.2.